The van der Waals surface area contributed by atoms with Gasteiger partial charge in [-0.25, -0.2) is 9.59 Å². The molecule has 3 rings (SSSR count). The van der Waals surface area contributed by atoms with E-state index in [1.54, 1.807) is 12.1 Å². The summed E-state index contributed by atoms with van der Waals surface area (Å²) in [5, 5.41) is 8.00. The van der Waals surface area contributed by atoms with Crippen LogP contribution in [-0.2, 0) is 6.42 Å². The van der Waals surface area contributed by atoms with E-state index in [-0.39, 0.29) is 18.4 Å². The molecule has 0 saturated heterocycles. The lowest BCUT2D eigenvalue weighted by Gasteiger charge is -2.09. The molecule has 0 fully saturated rings. The molecule has 0 aliphatic rings. The Morgan fingerprint density at radius 2 is 1.85 bits per heavy atom. The maximum Gasteiger partial charge on any atom is 0.437 e. The summed E-state index contributed by atoms with van der Waals surface area (Å²) < 4.78 is 8.83. The molecule has 0 saturated carbocycles. The zero-order valence-corrected chi connectivity index (χ0v) is 16.9. The summed E-state index contributed by atoms with van der Waals surface area (Å²) in [5.41, 5.74) is 0.00813. The maximum atomic E-state index is 11.9. The number of aromatic nitrogens is 5. The highest BCUT2D eigenvalue weighted by atomic mass is 79.9. The molecule has 1 aromatic carbocycles. The lowest BCUT2D eigenvalue weighted by atomic mass is 10.1. The van der Waals surface area contributed by atoms with Gasteiger partial charge < -0.3 is 4.42 Å². The second-order valence-corrected chi connectivity index (χ2v) is 7.42. The number of aromatic amines is 1. The Hall–Kier alpha value is -2.27. The number of hydrogen-bond acceptors (Lipinski definition) is 6. The third kappa shape index (κ3) is 3.63. The van der Waals surface area contributed by atoms with Crippen molar-refractivity contribution in [3.05, 3.63) is 70.1 Å². The smallest absolute Gasteiger partial charge is 0.392 e. The van der Waals surface area contributed by atoms with Crippen LogP contribution < -0.4 is 17.0 Å². The lowest BCUT2D eigenvalue weighted by molar-refractivity contribution is 0.434. The van der Waals surface area contributed by atoms with Crippen molar-refractivity contribution in [2.45, 2.75) is 26.3 Å². The molecule has 0 atom stereocenters. The number of benzene rings is 1. The summed E-state index contributed by atoms with van der Waals surface area (Å²) in [6.07, 6.45) is 1.29. The predicted molar refractivity (Wildman–Crippen MR) is 99.8 cm³/mol. The molecule has 0 spiro atoms. The van der Waals surface area contributed by atoms with Crippen molar-refractivity contribution in [1.82, 2.24) is 24.5 Å². The Balaban J connectivity index is 2.00. The Morgan fingerprint density at radius 1 is 1.19 bits per heavy atom. The highest BCUT2D eigenvalue weighted by Gasteiger charge is 2.16. The van der Waals surface area contributed by atoms with E-state index in [1.165, 1.54) is 4.68 Å². The van der Waals surface area contributed by atoms with Crippen LogP contribution in [0, 0.1) is 0 Å². The molecule has 2 aromatic heterocycles. The molecule has 0 amide bonds. The third-order valence-electron chi connectivity index (χ3n) is 3.51. The number of nitrogens with one attached hydrogen (secondary N) is 1. The van der Waals surface area contributed by atoms with E-state index in [9.17, 15) is 14.4 Å². The summed E-state index contributed by atoms with van der Waals surface area (Å²) in [6.45, 7) is 3.67. The van der Waals surface area contributed by atoms with E-state index in [1.807, 2.05) is 13.8 Å². The minimum Gasteiger partial charge on any atom is -0.392 e. The van der Waals surface area contributed by atoms with Gasteiger partial charge in [0.05, 0.1) is 18.2 Å². The average Bonchev–Trinajstić information content (AvgIpc) is 2.91. The van der Waals surface area contributed by atoms with Crippen LogP contribution in [0.4, 0.5) is 0 Å². The quantitative estimate of drug-likeness (QED) is 0.600. The summed E-state index contributed by atoms with van der Waals surface area (Å²) in [4.78, 5) is 37.0. The second kappa shape index (κ2) is 7.16. The fourth-order valence-electron chi connectivity index (χ4n) is 2.30. The molecule has 0 aliphatic heterocycles. The minimum absolute atomic E-state index is 0.104. The van der Waals surface area contributed by atoms with Crippen molar-refractivity contribution in [1.29, 1.82) is 0 Å². The largest absolute Gasteiger partial charge is 0.437 e. The van der Waals surface area contributed by atoms with E-state index in [2.05, 4.69) is 47.0 Å². The van der Waals surface area contributed by atoms with Gasteiger partial charge in [-0.15, -0.1) is 5.10 Å². The van der Waals surface area contributed by atoms with Gasteiger partial charge in [-0.1, -0.05) is 31.9 Å². The molecule has 11 heteroatoms. The van der Waals surface area contributed by atoms with Gasteiger partial charge in [0.1, 0.15) is 6.20 Å². The Bertz CT molecular complexity index is 1120. The van der Waals surface area contributed by atoms with E-state index in [0.717, 1.165) is 16.4 Å². The predicted octanol–water partition coefficient (Wildman–Crippen LogP) is 1.77. The van der Waals surface area contributed by atoms with Gasteiger partial charge in [0, 0.05) is 8.95 Å². The molecule has 0 radical (unpaired) electrons. The number of H-pyrrole nitrogens is 1. The zero-order chi connectivity index (χ0) is 19.0. The normalized spacial score (nSPS) is 11.3. The van der Waals surface area contributed by atoms with Crippen molar-refractivity contribution in [3.8, 4) is 5.69 Å². The molecule has 0 aliphatic carbocycles. The summed E-state index contributed by atoms with van der Waals surface area (Å²) >= 11 is 6.89. The molecule has 26 heavy (non-hydrogen) atoms. The van der Waals surface area contributed by atoms with Crippen molar-refractivity contribution < 1.29 is 4.42 Å². The monoisotopic (exact) mass is 485 g/mol. The Morgan fingerprint density at radius 3 is 2.38 bits per heavy atom. The van der Waals surface area contributed by atoms with Crippen LogP contribution in [0.5, 0.6) is 0 Å². The van der Waals surface area contributed by atoms with Crippen LogP contribution in [0.15, 0.2) is 46.1 Å². The topological polar surface area (TPSA) is 116 Å². The second-order valence-electron chi connectivity index (χ2n) is 5.72. The van der Waals surface area contributed by atoms with E-state index in [0.29, 0.717) is 14.6 Å². The van der Waals surface area contributed by atoms with E-state index in [4.69, 9.17) is 4.42 Å². The Kier molecular flexibility index (Phi) is 5.10. The van der Waals surface area contributed by atoms with Crippen molar-refractivity contribution >= 4 is 31.9 Å². The fourth-order valence-corrected chi connectivity index (χ4v) is 3.74. The molecular formula is C15H13Br2N5O4. The molecule has 0 unspecified atom stereocenters. The molecular weight excluding hydrogens is 474 g/mol. The summed E-state index contributed by atoms with van der Waals surface area (Å²) in [6, 6.07) is 3.24. The van der Waals surface area contributed by atoms with Crippen molar-refractivity contribution in [3.63, 3.8) is 0 Å². The van der Waals surface area contributed by atoms with Crippen LogP contribution in [-0.4, -0.2) is 24.5 Å². The number of nitrogens with zero attached hydrogens (tertiary/aromatic N) is 4. The molecule has 9 nitrogen and oxygen atoms in total. The first kappa shape index (κ1) is 18.5. The van der Waals surface area contributed by atoms with E-state index >= 15 is 0 Å². The first-order valence-electron chi connectivity index (χ1n) is 7.51. The number of hydrogen-bond donors (Lipinski definition) is 1. The van der Waals surface area contributed by atoms with Crippen LogP contribution >= 0.6 is 31.9 Å². The molecule has 0 bridgehead atoms. The minimum atomic E-state index is -0.647. The molecule has 2 heterocycles. The van der Waals surface area contributed by atoms with Crippen LogP contribution in [0.1, 0.15) is 31.3 Å². The van der Waals surface area contributed by atoms with Gasteiger partial charge in [-0.05, 0) is 31.5 Å². The lowest BCUT2D eigenvalue weighted by Crippen LogP contribution is -2.30. The van der Waals surface area contributed by atoms with Crippen LogP contribution in [0.25, 0.3) is 5.69 Å². The van der Waals surface area contributed by atoms with Crippen molar-refractivity contribution in [2.75, 3.05) is 0 Å². The molecule has 136 valence electrons. The number of halogens is 2. The van der Waals surface area contributed by atoms with E-state index < -0.39 is 17.0 Å². The highest BCUT2D eigenvalue weighted by Crippen LogP contribution is 2.30. The molecule has 1 N–H and O–H groups in total. The van der Waals surface area contributed by atoms with Crippen LogP contribution in [0.3, 0.4) is 0 Å². The SMILES string of the molecule is CC(C)n1nc(Cc2c(Br)cc(-n3ncc(=O)[nH]c3=O)cc2Br)oc1=O. The highest BCUT2D eigenvalue weighted by molar-refractivity contribution is 9.11. The van der Waals surface area contributed by atoms with Gasteiger partial charge in [-0.3, -0.25) is 9.78 Å². The number of rotatable bonds is 4. The third-order valence-corrected chi connectivity index (χ3v) is 4.93. The van der Waals surface area contributed by atoms with Crippen LogP contribution in [0.2, 0.25) is 0 Å². The van der Waals surface area contributed by atoms with Gasteiger partial charge in [0.15, 0.2) is 0 Å². The van der Waals surface area contributed by atoms with Gasteiger partial charge >= 0.3 is 11.4 Å². The van der Waals surface area contributed by atoms with Gasteiger partial charge in [-0.2, -0.15) is 14.5 Å². The average molecular weight is 487 g/mol. The first-order valence-corrected chi connectivity index (χ1v) is 9.10. The summed E-state index contributed by atoms with van der Waals surface area (Å²) in [7, 11) is 0. The van der Waals surface area contributed by atoms with Gasteiger partial charge in [0.2, 0.25) is 5.89 Å². The molecule has 3 aromatic rings. The summed E-state index contributed by atoms with van der Waals surface area (Å²) in [5.74, 6) is -0.236. The zero-order valence-electron chi connectivity index (χ0n) is 13.7. The fraction of sp³-hybridized carbons (Fsp3) is 0.267. The first-order chi connectivity index (χ1) is 12.3. The maximum absolute atomic E-state index is 11.9. The standard InChI is InChI=1S/C15H13Br2N5O4/c1-7(2)21-15(25)26-13(20-21)5-9-10(16)3-8(4-11(9)17)22-14(24)19-12(23)6-18-22/h3-4,6-7H,5H2,1-2H3,(H,19,23,24). The van der Waals surface area contributed by atoms with Crippen molar-refractivity contribution in [2.24, 2.45) is 0 Å². The Labute approximate surface area is 162 Å². The van der Waals surface area contributed by atoms with Gasteiger partial charge in [0.25, 0.3) is 5.56 Å².